The molecular weight excluding hydrogens is 424 g/mol. The average molecular weight is 450 g/mol. The second kappa shape index (κ2) is 9.72. The molecule has 0 radical (unpaired) electrons. The third kappa shape index (κ3) is 4.97. The molecule has 33 heavy (non-hydrogen) atoms. The van der Waals surface area contributed by atoms with Crippen LogP contribution in [0.5, 0.6) is 11.5 Å². The molecule has 1 aromatic heterocycles. The van der Waals surface area contributed by atoms with Gasteiger partial charge in [0.05, 0.1) is 20.1 Å². The van der Waals surface area contributed by atoms with Gasteiger partial charge in [-0.1, -0.05) is 5.16 Å². The van der Waals surface area contributed by atoms with E-state index in [9.17, 15) is 9.59 Å². The number of likely N-dealkylation sites (tertiary alicyclic amines) is 1. The maximum absolute atomic E-state index is 13.1. The number of hydrogen-bond donors (Lipinski definition) is 1. The highest BCUT2D eigenvalue weighted by Crippen LogP contribution is 2.31. The number of hydrogen-bond acceptors (Lipinski definition) is 7. The van der Waals surface area contributed by atoms with Gasteiger partial charge in [0.1, 0.15) is 0 Å². The minimum atomic E-state index is -0.130. The number of piperidine rings is 1. The van der Waals surface area contributed by atoms with E-state index in [0.717, 1.165) is 18.4 Å². The molecule has 3 aromatic rings. The first-order chi connectivity index (χ1) is 16.0. The molecular formula is C24H26N4O5. The summed E-state index contributed by atoms with van der Waals surface area (Å²) >= 11 is 0. The van der Waals surface area contributed by atoms with Crippen LogP contribution >= 0.6 is 0 Å². The monoisotopic (exact) mass is 450 g/mol. The molecule has 1 saturated heterocycles. The lowest BCUT2D eigenvalue weighted by molar-refractivity contribution is -0.114. The summed E-state index contributed by atoms with van der Waals surface area (Å²) in [7, 11) is 3.11. The van der Waals surface area contributed by atoms with E-state index in [1.165, 1.54) is 6.92 Å². The molecule has 4 rings (SSSR count). The van der Waals surface area contributed by atoms with Crippen molar-refractivity contribution in [1.29, 1.82) is 0 Å². The van der Waals surface area contributed by atoms with Crippen LogP contribution in [0.4, 0.5) is 5.69 Å². The number of methoxy groups -OCH3 is 2. The second-order valence-electron chi connectivity index (χ2n) is 7.87. The van der Waals surface area contributed by atoms with Crippen molar-refractivity contribution in [2.75, 3.05) is 32.6 Å². The lowest BCUT2D eigenvalue weighted by Gasteiger charge is -2.31. The van der Waals surface area contributed by atoms with Gasteiger partial charge in [0, 0.05) is 36.8 Å². The smallest absolute Gasteiger partial charge is 0.254 e. The Labute approximate surface area is 191 Å². The Morgan fingerprint density at radius 1 is 1.09 bits per heavy atom. The summed E-state index contributed by atoms with van der Waals surface area (Å²) in [5, 5.41) is 6.84. The quantitative estimate of drug-likeness (QED) is 0.610. The van der Waals surface area contributed by atoms with Gasteiger partial charge in [0.15, 0.2) is 11.5 Å². The molecule has 1 aliphatic rings. The molecule has 9 nitrogen and oxygen atoms in total. The molecule has 0 saturated carbocycles. The number of anilines is 1. The molecule has 0 spiro atoms. The fourth-order valence-electron chi connectivity index (χ4n) is 3.94. The SMILES string of the molecule is COc1ccc(C(=O)N2CCC[C@H](c3nc(-c4ccc(NC(C)=O)cc4)no3)C2)cc1OC. The van der Waals surface area contributed by atoms with Crippen molar-refractivity contribution in [3.63, 3.8) is 0 Å². The van der Waals surface area contributed by atoms with E-state index in [1.807, 2.05) is 17.0 Å². The van der Waals surface area contributed by atoms with Gasteiger partial charge < -0.3 is 24.2 Å². The van der Waals surface area contributed by atoms with Gasteiger partial charge >= 0.3 is 0 Å². The summed E-state index contributed by atoms with van der Waals surface area (Å²) in [5.74, 6) is 1.84. The number of carbonyl (C=O) groups excluding carboxylic acids is 2. The summed E-state index contributed by atoms with van der Waals surface area (Å²) in [6.07, 6.45) is 1.70. The van der Waals surface area contributed by atoms with E-state index in [1.54, 1.807) is 44.6 Å². The highest BCUT2D eigenvalue weighted by atomic mass is 16.5. The number of aromatic nitrogens is 2. The first-order valence-corrected chi connectivity index (χ1v) is 10.7. The van der Waals surface area contributed by atoms with Crippen LogP contribution in [0, 0.1) is 0 Å². The fourth-order valence-corrected chi connectivity index (χ4v) is 3.94. The predicted octanol–water partition coefficient (Wildman–Crippen LogP) is 3.73. The van der Waals surface area contributed by atoms with Crippen LogP contribution in [0.15, 0.2) is 47.0 Å². The van der Waals surface area contributed by atoms with Gasteiger partial charge in [-0.3, -0.25) is 9.59 Å². The lowest BCUT2D eigenvalue weighted by atomic mass is 9.97. The normalized spacial score (nSPS) is 15.7. The van der Waals surface area contributed by atoms with Crippen molar-refractivity contribution in [1.82, 2.24) is 15.0 Å². The highest BCUT2D eigenvalue weighted by Gasteiger charge is 2.29. The minimum absolute atomic E-state index is 0.0391. The maximum Gasteiger partial charge on any atom is 0.254 e. The zero-order valence-corrected chi connectivity index (χ0v) is 18.8. The van der Waals surface area contributed by atoms with E-state index >= 15 is 0 Å². The topological polar surface area (TPSA) is 107 Å². The predicted molar refractivity (Wildman–Crippen MR) is 121 cm³/mol. The van der Waals surface area contributed by atoms with Crippen LogP contribution < -0.4 is 14.8 Å². The summed E-state index contributed by atoms with van der Waals surface area (Å²) in [5.41, 5.74) is 2.03. The maximum atomic E-state index is 13.1. The Balaban J connectivity index is 1.46. The van der Waals surface area contributed by atoms with Crippen LogP contribution in [0.25, 0.3) is 11.4 Å². The van der Waals surface area contributed by atoms with Crippen LogP contribution in [-0.2, 0) is 4.79 Å². The largest absolute Gasteiger partial charge is 0.493 e. The number of carbonyl (C=O) groups is 2. The van der Waals surface area contributed by atoms with Crippen LogP contribution in [-0.4, -0.2) is 54.2 Å². The standard InChI is InChI=1S/C24H26N4O5/c1-15(29)25-19-9-6-16(7-10-19)22-26-23(33-27-22)18-5-4-12-28(14-18)24(30)17-8-11-20(31-2)21(13-17)32-3/h6-11,13,18H,4-5,12,14H2,1-3H3,(H,25,29)/t18-/m0/s1. The van der Waals surface area contributed by atoms with Gasteiger partial charge in [-0.25, -0.2) is 0 Å². The summed E-state index contributed by atoms with van der Waals surface area (Å²) < 4.78 is 16.1. The average Bonchev–Trinajstić information content (AvgIpc) is 3.34. The number of benzene rings is 2. The molecule has 1 atom stereocenters. The van der Waals surface area contributed by atoms with Crippen LogP contribution in [0.1, 0.15) is 41.9 Å². The van der Waals surface area contributed by atoms with Crippen molar-refractivity contribution < 1.29 is 23.6 Å². The van der Waals surface area contributed by atoms with E-state index < -0.39 is 0 Å². The van der Waals surface area contributed by atoms with Crippen molar-refractivity contribution in [3.8, 4) is 22.9 Å². The molecule has 1 N–H and O–H groups in total. The molecule has 172 valence electrons. The van der Waals surface area contributed by atoms with E-state index in [0.29, 0.717) is 47.6 Å². The molecule has 1 aliphatic heterocycles. The van der Waals surface area contributed by atoms with Gasteiger partial charge in [-0.2, -0.15) is 4.98 Å². The molecule has 2 amide bonds. The van der Waals surface area contributed by atoms with E-state index in [4.69, 9.17) is 14.0 Å². The zero-order valence-electron chi connectivity index (χ0n) is 18.8. The van der Waals surface area contributed by atoms with Crippen molar-refractivity contribution in [2.45, 2.75) is 25.7 Å². The van der Waals surface area contributed by atoms with Gasteiger partial charge in [-0.15, -0.1) is 0 Å². The van der Waals surface area contributed by atoms with Gasteiger partial charge in [-0.05, 0) is 55.3 Å². The third-order valence-corrected chi connectivity index (χ3v) is 5.59. The Morgan fingerprint density at radius 2 is 1.85 bits per heavy atom. The third-order valence-electron chi connectivity index (χ3n) is 5.59. The molecule has 9 heteroatoms. The number of rotatable bonds is 6. The van der Waals surface area contributed by atoms with Crippen molar-refractivity contribution >= 4 is 17.5 Å². The highest BCUT2D eigenvalue weighted by molar-refractivity contribution is 5.95. The fraction of sp³-hybridized carbons (Fsp3) is 0.333. The summed E-state index contributed by atoms with van der Waals surface area (Å²) in [4.78, 5) is 30.7. The molecule has 0 aliphatic carbocycles. The number of amides is 2. The molecule has 0 unspecified atom stereocenters. The van der Waals surface area contributed by atoms with Gasteiger partial charge in [0.25, 0.3) is 5.91 Å². The first-order valence-electron chi connectivity index (χ1n) is 10.7. The Hall–Kier alpha value is -3.88. The second-order valence-corrected chi connectivity index (χ2v) is 7.87. The van der Waals surface area contributed by atoms with Crippen molar-refractivity contribution in [3.05, 3.63) is 53.9 Å². The summed E-state index contributed by atoms with van der Waals surface area (Å²) in [6, 6.07) is 12.4. The zero-order chi connectivity index (χ0) is 23.4. The van der Waals surface area contributed by atoms with Crippen LogP contribution in [0.2, 0.25) is 0 Å². The number of nitrogens with zero attached hydrogens (tertiary/aromatic N) is 3. The van der Waals surface area contributed by atoms with Crippen molar-refractivity contribution in [2.24, 2.45) is 0 Å². The minimum Gasteiger partial charge on any atom is -0.493 e. The summed E-state index contributed by atoms with van der Waals surface area (Å²) in [6.45, 7) is 2.62. The van der Waals surface area contributed by atoms with E-state index in [2.05, 4.69) is 15.5 Å². The first kappa shape index (κ1) is 22.3. The lowest BCUT2D eigenvalue weighted by Crippen LogP contribution is -2.39. The van der Waals surface area contributed by atoms with Gasteiger partial charge in [0.2, 0.25) is 17.6 Å². The Bertz CT molecular complexity index is 1140. The van der Waals surface area contributed by atoms with Crippen LogP contribution in [0.3, 0.4) is 0 Å². The molecule has 2 aromatic carbocycles. The molecule has 0 bridgehead atoms. The molecule has 2 heterocycles. The molecule has 1 fully saturated rings. The number of ether oxygens (including phenoxy) is 2. The van der Waals surface area contributed by atoms with E-state index in [-0.39, 0.29) is 17.7 Å². The number of nitrogens with one attached hydrogen (secondary N) is 1. The Morgan fingerprint density at radius 3 is 2.55 bits per heavy atom. The Kier molecular flexibility index (Phi) is 6.58.